The molecule has 2 heteroatoms. The first kappa shape index (κ1) is 12.2. The zero-order valence-corrected chi connectivity index (χ0v) is 11.3. The van der Waals surface area contributed by atoms with Crippen LogP contribution in [0, 0.1) is 5.92 Å². The summed E-state index contributed by atoms with van der Waals surface area (Å²) in [6.07, 6.45) is 4.98. The molecular formula is C16H24N2. The van der Waals surface area contributed by atoms with E-state index in [1.807, 2.05) is 0 Å². The first-order chi connectivity index (χ1) is 8.74. The van der Waals surface area contributed by atoms with Crippen molar-refractivity contribution in [3.05, 3.63) is 35.4 Å². The van der Waals surface area contributed by atoms with Crippen molar-refractivity contribution in [2.24, 2.45) is 11.7 Å². The quantitative estimate of drug-likeness (QED) is 0.822. The third kappa shape index (κ3) is 2.32. The zero-order valence-electron chi connectivity index (χ0n) is 11.3. The predicted octanol–water partition coefficient (Wildman–Crippen LogP) is 2.56. The van der Waals surface area contributed by atoms with Gasteiger partial charge in [-0.2, -0.15) is 0 Å². The van der Waals surface area contributed by atoms with Crippen molar-refractivity contribution in [1.29, 1.82) is 0 Å². The van der Waals surface area contributed by atoms with E-state index in [1.54, 1.807) is 0 Å². The Morgan fingerprint density at radius 3 is 2.78 bits per heavy atom. The van der Waals surface area contributed by atoms with E-state index >= 15 is 0 Å². The van der Waals surface area contributed by atoms with E-state index in [-0.39, 0.29) is 0 Å². The minimum atomic E-state index is 0.381. The SMILES string of the molecule is C[C@@H]1CC[C@@H](N)[C@H](N2CCc3ccccc3C2)C1. The number of nitrogens with two attached hydrogens (primary N) is 1. The maximum absolute atomic E-state index is 6.35. The van der Waals surface area contributed by atoms with Gasteiger partial charge in [-0.1, -0.05) is 31.2 Å². The molecule has 1 heterocycles. The van der Waals surface area contributed by atoms with Crippen LogP contribution in [-0.2, 0) is 13.0 Å². The molecular weight excluding hydrogens is 220 g/mol. The van der Waals surface area contributed by atoms with Crippen LogP contribution in [0.15, 0.2) is 24.3 Å². The van der Waals surface area contributed by atoms with E-state index in [0.717, 1.165) is 12.5 Å². The van der Waals surface area contributed by atoms with Gasteiger partial charge in [-0.15, -0.1) is 0 Å². The largest absolute Gasteiger partial charge is 0.326 e. The molecule has 2 aliphatic rings. The fourth-order valence-electron chi connectivity index (χ4n) is 3.59. The van der Waals surface area contributed by atoms with E-state index in [2.05, 4.69) is 36.1 Å². The van der Waals surface area contributed by atoms with Gasteiger partial charge in [0.25, 0.3) is 0 Å². The number of nitrogens with zero attached hydrogens (tertiary/aromatic N) is 1. The molecule has 98 valence electrons. The van der Waals surface area contributed by atoms with Crippen molar-refractivity contribution >= 4 is 0 Å². The Labute approximate surface area is 110 Å². The summed E-state index contributed by atoms with van der Waals surface area (Å²) < 4.78 is 0. The van der Waals surface area contributed by atoms with Gasteiger partial charge in [0.2, 0.25) is 0 Å². The predicted molar refractivity (Wildman–Crippen MR) is 75.3 cm³/mol. The van der Waals surface area contributed by atoms with Crippen LogP contribution in [0.1, 0.15) is 37.3 Å². The highest BCUT2D eigenvalue weighted by atomic mass is 15.2. The van der Waals surface area contributed by atoms with Crippen LogP contribution in [0.25, 0.3) is 0 Å². The number of rotatable bonds is 1. The van der Waals surface area contributed by atoms with Crippen molar-refractivity contribution in [3.8, 4) is 0 Å². The molecule has 1 aromatic carbocycles. The molecule has 3 rings (SSSR count). The third-order valence-corrected chi connectivity index (χ3v) is 4.76. The molecule has 0 radical (unpaired) electrons. The van der Waals surface area contributed by atoms with Gasteiger partial charge in [-0.05, 0) is 42.7 Å². The Kier molecular flexibility index (Phi) is 3.40. The van der Waals surface area contributed by atoms with Gasteiger partial charge in [0.05, 0.1) is 0 Å². The second-order valence-electron chi connectivity index (χ2n) is 6.14. The molecule has 0 amide bonds. The highest BCUT2D eigenvalue weighted by molar-refractivity contribution is 5.29. The standard InChI is InChI=1S/C16H24N2/c1-12-6-7-15(17)16(10-12)18-9-8-13-4-2-3-5-14(13)11-18/h2-5,12,15-16H,6-11,17H2,1H3/t12-,15-,16-/m1/s1. The fourth-order valence-corrected chi connectivity index (χ4v) is 3.59. The lowest BCUT2D eigenvalue weighted by molar-refractivity contribution is 0.104. The summed E-state index contributed by atoms with van der Waals surface area (Å²) >= 11 is 0. The minimum Gasteiger partial charge on any atom is -0.326 e. The summed E-state index contributed by atoms with van der Waals surface area (Å²) in [4.78, 5) is 2.63. The van der Waals surface area contributed by atoms with Gasteiger partial charge in [-0.25, -0.2) is 0 Å². The first-order valence-corrected chi connectivity index (χ1v) is 7.30. The van der Waals surface area contributed by atoms with Crippen molar-refractivity contribution in [3.63, 3.8) is 0 Å². The lowest BCUT2D eigenvalue weighted by Gasteiger charge is -2.42. The van der Waals surface area contributed by atoms with E-state index in [1.165, 1.54) is 43.4 Å². The van der Waals surface area contributed by atoms with Crippen molar-refractivity contribution < 1.29 is 0 Å². The smallest absolute Gasteiger partial charge is 0.0253 e. The van der Waals surface area contributed by atoms with Gasteiger partial charge in [0.15, 0.2) is 0 Å². The second-order valence-corrected chi connectivity index (χ2v) is 6.14. The van der Waals surface area contributed by atoms with E-state index < -0.39 is 0 Å². The molecule has 18 heavy (non-hydrogen) atoms. The number of fused-ring (bicyclic) bond motifs is 1. The first-order valence-electron chi connectivity index (χ1n) is 7.30. The molecule has 1 aromatic rings. The van der Waals surface area contributed by atoms with E-state index in [4.69, 9.17) is 5.73 Å². The molecule has 1 saturated carbocycles. The summed E-state index contributed by atoms with van der Waals surface area (Å²) in [5.74, 6) is 0.840. The zero-order chi connectivity index (χ0) is 12.5. The third-order valence-electron chi connectivity index (χ3n) is 4.76. The molecule has 1 aliphatic heterocycles. The molecule has 0 saturated heterocycles. The molecule has 2 nitrogen and oxygen atoms in total. The second kappa shape index (κ2) is 5.02. The number of hydrogen-bond acceptors (Lipinski definition) is 2. The van der Waals surface area contributed by atoms with Crippen LogP contribution in [0.5, 0.6) is 0 Å². The van der Waals surface area contributed by atoms with Gasteiger partial charge >= 0.3 is 0 Å². The van der Waals surface area contributed by atoms with Crippen LogP contribution in [0.3, 0.4) is 0 Å². The average Bonchev–Trinajstić information content (AvgIpc) is 2.41. The van der Waals surface area contributed by atoms with Gasteiger partial charge in [0.1, 0.15) is 0 Å². The summed E-state index contributed by atoms with van der Waals surface area (Å²) in [6, 6.07) is 9.85. The molecule has 0 aromatic heterocycles. The summed E-state index contributed by atoms with van der Waals surface area (Å²) in [5, 5.41) is 0. The normalized spacial score (nSPS) is 33.1. The molecule has 2 N–H and O–H groups in total. The molecule has 0 bridgehead atoms. The van der Waals surface area contributed by atoms with Crippen LogP contribution in [0.2, 0.25) is 0 Å². The van der Waals surface area contributed by atoms with Crippen LogP contribution in [0.4, 0.5) is 0 Å². The van der Waals surface area contributed by atoms with Gasteiger partial charge in [-0.3, -0.25) is 4.90 Å². The number of benzene rings is 1. The summed E-state index contributed by atoms with van der Waals surface area (Å²) in [7, 11) is 0. The average molecular weight is 244 g/mol. The van der Waals surface area contributed by atoms with E-state index in [9.17, 15) is 0 Å². The van der Waals surface area contributed by atoms with Gasteiger partial charge in [0, 0.05) is 25.2 Å². The lowest BCUT2D eigenvalue weighted by atomic mass is 9.82. The van der Waals surface area contributed by atoms with Crippen LogP contribution >= 0.6 is 0 Å². The highest BCUT2D eigenvalue weighted by Gasteiger charge is 2.32. The number of hydrogen-bond donors (Lipinski definition) is 1. The highest BCUT2D eigenvalue weighted by Crippen LogP contribution is 2.30. The topological polar surface area (TPSA) is 29.3 Å². The minimum absolute atomic E-state index is 0.381. The van der Waals surface area contributed by atoms with Crippen molar-refractivity contribution in [2.45, 2.75) is 51.2 Å². The van der Waals surface area contributed by atoms with Crippen molar-refractivity contribution in [2.75, 3.05) is 6.54 Å². The Morgan fingerprint density at radius 1 is 1.17 bits per heavy atom. The van der Waals surface area contributed by atoms with Gasteiger partial charge < -0.3 is 5.73 Å². The monoisotopic (exact) mass is 244 g/mol. The molecule has 3 atom stereocenters. The molecule has 1 fully saturated rings. The Balaban J connectivity index is 1.75. The lowest BCUT2D eigenvalue weighted by Crippen LogP contribution is -2.52. The summed E-state index contributed by atoms with van der Waals surface area (Å²) in [6.45, 7) is 4.65. The maximum Gasteiger partial charge on any atom is 0.0253 e. The maximum atomic E-state index is 6.35. The Morgan fingerprint density at radius 2 is 1.94 bits per heavy atom. The van der Waals surface area contributed by atoms with Crippen molar-refractivity contribution in [1.82, 2.24) is 4.90 Å². The Hall–Kier alpha value is -0.860. The van der Waals surface area contributed by atoms with Crippen LogP contribution in [-0.4, -0.2) is 23.5 Å². The molecule has 0 spiro atoms. The summed E-state index contributed by atoms with van der Waals surface area (Å²) in [5.41, 5.74) is 9.39. The molecule has 1 aliphatic carbocycles. The van der Waals surface area contributed by atoms with Crippen LogP contribution < -0.4 is 5.73 Å². The van der Waals surface area contributed by atoms with E-state index in [0.29, 0.717) is 12.1 Å². The molecule has 0 unspecified atom stereocenters. The fraction of sp³-hybridized carbons (Fsp3) is 0.625. The Bertz CT molecular complexity index is 415.